The van der Waals surface area contributed by atoms with Crippen LogP contribution in [-0.2, 0) is 0 Å². The first kappa shape index (κ1) is 18.3. The SMILES string of the molecule is CCCCSc1ccc(Oc2ccc(SCCCC)cc2)cc1. The van der Waals surface area contributed by atoms with Crippen LogP contribution in [0.4, 0.5) is 0 Å². The topological polar surface area (TPSA) is 9.23 Å². The molecule has 0 fully saturated rings. The molecule has 0 saturated heterocycles. The normalized spacial score (nSPS) is 10.7. The van der Waals surface area contributed by atoms with Gasteiger partial charge in [0.05, 0.1) is 0 Å². The van der Waals surface area contributed by atoms with E-state index in [4.69, 9.17) is 4.74 Å². The second-order valence-corrected chi connectivity index (χ2v) is 7.79. The summed E-state index contributed by atoms with van der Waals surface area (Å²) in [6.07, 6.45) is 5.04. The molecule has 124 valence electrons. The van der Waals surface area contributed by atoms with Gasteiger partial charge in [0.2, 0.25) is 0 Å². The second kappa shape index (κ2) is 10.7. The Bertz CT molecular complexity index is 497. The van der Waals surface area contributed by atoms with Crippen LogP contribution in [0.25, 0.3) is 0 Å². The van der Waals surface area contributed by atoms with Crippen molar-refractivity contribution in [3.63, 3.8) is 0 Å². The zero-order valence-corrected chi connectivity index (χ0v) is 15.7. The standard InChI is InChI=1S/C20H26OS2/c1-3-5-15-22-19-11-7-17(8-12-19)21-18-9-13-20(14-10-18)23-16-6-4-2/h7-14H,3-6,15-16H2,1-2H3. The monoisotopic (exact) mass is 346 g/mol. The van der Waals surface area contributed by atoms with Gasteiger partial charge in [0.25, 0.3) is 0 Å². The summed E-state index contributed by atoms with van der Waals surface area (Å²) in [4.78, 5) is 2.63. The fourth-order valence-electron chi connectivity index (χ4n) is 2.01. The van der Waals surface area contributed by atoms with Gasteiger partial charge in [0, 0.05) is 9.79 Å². The lowest BCUT2D eigenvalue weighted by atomic mass is 10.3. The summed E-state index contributed by atoms with van der Waals surface area (Å²) in [5, 5.41) is 0. The number of hydrogen-bond acceptors (Lipinski definition) is 3. The maximum atomic E-state index is 5.92. The molecule has 0 aliphatic rings. The number of rotatable bonds is 10. The van der Waals surface area contributed by atoms with E-state index in [2.05, 4.69) is 62.4 Å². The van der Waals surface area contributed by atoms with Crippen molar-refractivity contribution in [3.8, 4) is 11.5 Å². The Morgan fingerprint density at radius 2 is 1.04 bits per heavy atom. The molecule has 0 spiro atoms. The molecule has 0 saturated carbocycles. The Balaban J connectivity index is 1.84. The van der Waals surface area contributed by atoms with E-state index in [0.717, 1.165) is 11.5 Å². The van der Waals surface area contributed by atoms with Crippen LogP contribution in [-0.4, -0.2) is 11.5 Å². The van der Waals surface area contributed by atoms with E-state index in [1.165, 1.54) is 47.0 Å². The van der Waals surface area contributed by atoms with Gasteiger partial charge >= 0.3 is 0 Å². The van der Waals surface area contributed by atoms with Gasteiger partial charge in [-0.1, -0.05) is 26.7 Å². The van der Waals surface area contributed by atoms with Crippen molar-refractivity contribution >= 4 is 23.5 Å². The second-order valence-electron chi connectivity index (χ2n) is 5.45. The minimum Gasteiger partial charge on any atom is -0.457 e. The third-order valence-corrected chi connectivity index (χ3v) is 5.61. The number of unbranched alkanes of at least 4 members (excludes halogenated alkanes) is 2. The molecule has 0 unspecified atom stereocenters. The van der Waals surface area contributed by atoms with Crippen molar-refractivity contribution < 1.29 is 4.74 Å². The Kier molecular flexibility index (Phi) is 8.48. The average molecular weight is 347 g/mol. The van der Waals surface area contributed by atoms with Gasteiger partial charge in [-0.2, -0.15) is 0 Å². The Hall–Kier alpha value is -1.06. The smallest absolute Gasteiger partial charge is 0.127 e. The first-order valence-electron chi connectivity index (χ1n) is 8.45. The number of benzene rings is 2. The zero-order chi connectivity index (χ0) is 16.3. The highest BCUT2D eigenvalue weighted by Crippen LogP contribution is 2.28. The van der Waals surface area contributed by atoms with Crippen molar-refractivity contribution in [2.24, 2.45) is 0 Å². The fraction of sp³-hybridized carbons (Fsp3) is 0.400. The molecule has 23 heavy (non-hydrogen) atoms. The van der Waals surface area contributed by atoms with Crippen molar-refractivity contribution in [3.05, 3.63) is 48.5 Å². The minimum atomic E-state index is 0.899. The molecule has 0 N–H and O–H groups in total. The highest BCUT2D eigenvalue weighted by molar-refractivity contribution is 7.99. The molecule has 2 rings (SSSR count). The number of thioether (sulfide) groups is 2. The highest BCUT2D eigenvalue weighted by Gasteiger charge is 2.00. The molecular formula is C20H26OS2. The van der Waals surface area contributed by atoms with E-state index in [9.17, 15) is 0 Å². The van der Waals surface area contributed by atoms with E-state index < -0.39 is 0 Å². The molecule has 0 bridgehead atoms. The third kappa shape index (κ3) is 6.92. The van der Waals surface area contributed by atoms with Crippen molar-refractivity contribution in [2.45, 2.75) is 49.3 Å². The molecule has 3 heteroatoms. The van der Waals surface area contributed by atoms with Crippen LogP contribution in [0, 0.1) is 0 Å². The summed E-state index contributed by atoms with van der Waals surface area (Å²) in [5.74, 6) is 4.18. The third-order valence-electron chi connectivity index (χ3n) is 3.42. The maximum absolute atomic E-state index is 5.92. The lowest BCUT2D eigenvalue weighted by molar-refractivity contribution is 0.482. The van der Waals surface area contributed by atoms with E-state index in [1.54, 1.807) is 0 Å². The lowest BCUT2D eigenvalue weighted by Crippen LogP contribution is -1.85. The van der Waals surface area contributed by atoms with Crippen LogP contribution in [0.15, 0.2) is 58.3 Å². The molecule has 0 aliphatic heterocycles. The van der Waals surface area contributed by atoms with Gasteiger partial charge in [-0.25, -0.2) is 0 Å². The van der Waals surface area contributed by atoms with Crippen molar-refractivity contribution in [1.29, 1.82) is 0 Å². The van der Waals surface area contributed by atoms with E-state index in [0.29, 0.717) is 0 Å². The van der Waals surface area contributed by atoms with E-state index in [1.807, 2.05) is 23.5 Å². The molecule has 0 radical (unpaired) electrons. The highest BCUT2D eigenvalue weighted by atomic mass is 32.2. The predicted octanol–water partition coefficient (Wildman–Crippen LogP) is 7.26. The maximum Gasteiger partial charge on any atom is 0.127 e. The summed E-state index contributed by atoms with van der Waals surface area (Å²) in [6, 6.07) is 16.8. The summed E-state index contributed by atoms with van der Waals surface area (Å²) >= 11 is 3.83. The number of hydrogen-bond donors (Lipinski definition) is 0. The van der Waals surface area contributed by atoms with Gasteiger partial charge in [-0.05, 0) is 72.9 Å². The lowest BCUT2D eigenvalue weighted by Gasteiger charge is -2.08. The van der Waals surface area contributed by atoms with Crippen LogP contribution < -0.4 is 4.74 Å². The minimum absolute atomic E-state index is 0.899. The first-order chi connectivity index (χ1) is 11.3. The Labute approximate surface area is 149 Å². The van der Waals surface area contributed by atoms with Crippen molar-refractivity contribution in [2.75, 3.05) is 11.5 Å². The van der Waals surface area contributed by atoms with Crippen LogP contribution >= 0.6 is 23.5 Å². The fourth-order valence-corrected chi connectivity index (χ4v) is 4.01. The van der Waals surface area contributed by atoms with Crippen LogP contribution in [0.2, 0.25) is 0 Å². The summed E-state index contributed by atoms with van der Waals surface area (Å²) in [6.45, 7) is 4.45. The zero-order valence-electron chi connectivity index (χ0n) is 14.1. The molecule has 1 nitrogen and oxygen atoms in total. The van der Waals surface area contributed by atoms with E-state index >= 15 is 0 Å². The Morgan fingerprint density at radius 1 is 0.652 bits per heavy atom. The van der Waals surface area contributed by atoms with Crippen molar-refractivity contribution in [1.82, 2.24) is 0 Å². The van der Waals surface area contributed by atoms with Gasteiger partial charge < -0.3 is 4.74 Å². The summed E-state index contributed by atoms with van der Waals surface area (Å²) in [5.41, 5.74) is 0. The van der Waals surface area contributed by atoms with Gasteiger partial charge in [0.1, 0.15) is 11.5 Å². The van der Waals surface area contributed by atoms with Crippen LogP contribution in [0.5, 0.6) is 11.5 Å². The van der Waals surface area contributed by atoms with Crippen LogP contribution in [0.1, 0.15) is 39.5 Å². The predicted molar refractivity (Wildman–Crippen MR) is 104 cm³/mol. The average Bonchev–Trinajstić information content (AvgIpc) is 2.58. The quantitative estimate of drug-likeness (QED) is 0.331. The molecule has 0 aliphatic carbocycles. The molecule has 0 heterocycles. The van der Waals surface area contributed by atoms with Gasteiger partial charge in [-0.3, -0.25) is 0 Å². The Morgan fingerprint density at radius 3 is 1.39 bits per heavy atom. The molecule has 0 amide bonds. The molecule has 0 atom stereocenters. The molecule has 0 aromatic heterocycles. The van der Waals surface area contributed by atoms with Crippen LogP contribution in [0.3, 0.4) is 0 Å². The molecule has 2 aromatic rings. The number of ether oxygens (including phenoxy) is 1. The largest absolute Gasteiger partial charge is 0.457 e. The molecule has 2 aromatic carbocycles. The summed E-state index contributed by atoms with van der Waals surface area (Å²) < 4.78 is 5.92. The first-order valence-corrected chi connectivity index (χ1v) is 10.4. The van der Waals surface area contributed by atoms with Gasteiger partial charge in [0.15, 0.2) is 0 Å². The summed E-state index contributed by atoms with van der Waals surface area (Å²) in [7, 11) is 0. The van der Waals surface area contributed by atoms with Gasteiger partial charge in [-0.15, -0.1) is 23.5 Å². The molecular weight excluding hydrogens is 320 g/mol. The van der Waals surface area contributed by atoms with E-state index in [-0.39, 0.29) is 0 Å².